The molecule has 2 aliphatic rings. The molecule has 302 valence electrons. The van der Waals surface area contributed by atoms with Gasteiger partial charge in [-0.2, -0.15) is 10.5 Å². The monoisotopic (exact) mass is 827 g/mol. The molecule has 0 saturated carbocycles. The molecule has 1 aliphatic heterocycles. The Morgan fingerprint density at radius 1 is 0.400 bits per heavy atom. The second-order valence-electron chi connectivity index (χ2n) is 17.0. The molecule has 2 aromatic heterocycles. The van der Waals surface area contributed by atoms with Crippen LogP contribution in [-0.4, -0.2) is 15.2 Å². The molecule has 0 radical (unpaired) electrons. The van der Waals surface area contributed by atoms with Crippen molar-refractivity contribution in [2.45, 2.75) is 12.0 Å². The average Bonchev–Trinajstić information content (AvgIpc) is 4.01. The predicted octanol–water partition coefficient (Wildman–Crippen LogP) is 14.8. The number of aromatic nitrogens is 2. The minimum atomic E-state index is 0.159. The third kappa shape index (κ3) is 5.43. The fourth-order valence-corrected chi connectivity index (χ4v) is 10.9. The van der Waals surface area contributed by atoms with E-state index in [-0.39, 0.29) is 12.0 Å². The summed E-state index contributed by atoms with van der Waals surface area (Å²) in [6.45, 7) is 0. The maximum Gasteiger partial charge on any atom is 0.103 e. The zero-order valence-electron chi connectivity index (χ0n) is 35.1. The van der Waals surface area contributed by atoms with Gasteiger partial charge in [0.25, 0.3) is 0 Å². The molecule has 0 N–H and O–H groups in total. The molecule has 0 saturated heterocycles. The van der Waals surface area contributed by atoms with Crippen LogP contribution in [0.25, 0.3) is 88.0 Å². The molecule has 0 amide bonds. The molecule has 5 nitrogen and oxygen atoms in total. The second-order valence-corrected chi connectivity index (χ2v) is 17.0. The van der Waals surface area contributed by atoms with Gasteiger partial charge in [-0.1, -0.05) is 146 Å². The Balaban J connectivity index is 1.04. The number of hydrogen-bond acceptors (Lipinski definition) is 3. The molecule has 0 fully saturated rings. The molecule has 0 spiro atoms. The second kappa shape index (κ2) is 14.3. The van der Waals surface area contributed by atoms with Crippen molar-refractivity contribution >= 4 is 65.8 Å². The molecule has 5 heteroatoms. The number of nitrogens with zero attached hydrogens (tertiary/aromatic N) is 5. The number of hydrogen-bond donors (Lipinski definition) is 0. The van der Waals surface area contributed by atoms with E-state index in [0.717, 1.165) is 82.3 Å². The first kappa shape index (κ1) is 36.7. The summed E-state index contributed by atoms with van der Waals surface area (Å²) in [5.41, 5.74) is 14.0. The number of benzene rings is 9. The Labute approximate surface area is 375 Å². The molecular formula is C60H37N5. The summed E-state index contributed by atoms with van der Waals surface area (Å²) in [4.78, 5) is 2.47. The Morgan fingerprint density at radius 3 is 1.63 bits per heavy atom. The third-order valence-electron chi connectivity index (χ3n) is 13.7. The first-order valence-corrected chi connectivity index (χ1v) is 22.0. The van der Waals surface area contributed by atoms with Crippen LogP contribution in [0, 0.1) is 22.7 Å². The van der Waals surface area contributed by atoms with Crippen LogP contribution in [-0.2, 0) is 0 Å². The summed E-state index contributed by atoms with van der Waals surface area (Å²) in [6, 6.07) is 71.5. The highest BCUT2D eigenvalue weighted by Gasteiger charge is 2.37. The molecular weight excluding hydrogens is 791 g/mol. The zero-order chi connectivity index (χ0) is 43.2. The fourth-order valence-electron chi connectivity index (χ4n) is 10.9. The van der Waals surface area contributed by atoms with E-state index in [1.807, 2.05) is 24.3 Å². The van der Waals surface area contributed by atoms with Gasteiger partial charge in [0.1, 0.15) is 12.1 Å². The third-order valence-corrected chi connectivity index (χ3v) is 13.7. The summed E-state index contributed by atoms with van der Waals surface area (Å²) in [5.74, 6) is 0.265. The Hall–Kier alpha value is -8.90. The molecule has 9 aromatic carbocycles. The van der Waals surface area contributed by atoms with Gasteiger partial charge in [-0.05, 0) is 105 Å². The van der Waals surface area contributed by atoms with Crippen LogP contribution in [0.1, 0.15) is 22.6 Å². The van der Waals surface area contributed by atoms with Gasteiger partial charge in [0.2, 0.25) is 0 Å². The SMILES string of the molecule is N#Cc1c(-n2c3ccc(-c4ccccc4)cc3c3cc(-c4ccccc4)ccc32)ccc(-n2c3ccc(N4c5ccccc5C5C=CC=CC54)cc3c3c4ccccc4ccc32)c1C#N. The predicted molar refractivity (Wildman–Crippen MR) is 266 cm³/mol. The van der Waals surface area contributed by atoms with Gasteiger partial charge in [-0.25, -0.2) is 0 Å². The van der Waals surface area contributed by atoms with Gasteiger partial charge in [0.05, 0.1) is 50.6 Å². The average molecular weight is 828 g/mol. The lowest BCUT2D eigenvalue weighted by molar-refractivity contribution is 0.745. The highest BCUT2D eigenvalue weighted by molar-refractivity contribution is 6.22. The van der Waals surface area contributed by atoms with Crippen LogP contribution in [0.4, 0.5) is 11.4 Å². The van der Waals surface area contributed by atoms with Gasteiger partial charge >= 0.3 is 0 Å². The van der Waals surface area contributed by atoms with Crippen LogP contribution in [0.5, 0.6) is 0 Å². The molecule has 11 aromatic rings. The molecule has 2 unspecified atom stereocenters. The van der Waals surface area contributed by atoms with Gasteiger partial charge in [0, 0.05) is 38.8 Å². The quantitative estimate of drug-likeness (QED) is 0.174. The van der Waals surface area contributed by atoms with E-state index in [0.29, 0.717) is 22.5 Å². The van der Waals surface area contributed by atoms with E-state index in [4.69, 9.17) is 0 Å². The number of rotatable bonds is 5. The minimum absolute atomic E-state index is 0.159. The van der Waals surface area contributed by atoms with Crippen LogP contribution in [0.2, 0.25) is 0 Å². The van der Waals surface area contributed by atoms with E-state index in [2.05, 4.69) is 214 Å². The highest BCUT2D eigenvalue weighted by atomic mass is 15.2. The lowest BCUT2D eigenvalue weighted by atomic mass is 9.91. The van der Waals surface area contributed by atoms with E-state index < -0.39 is 0 Å². The van der Waals surface area contributed by atoms with Gasteiger partial charge in [0.15, 0.2) is 0 Å². The largest absolute Gasteiger partial charge is 0.333 e. The fraction of sp³-hybridized carbons (Fsp3) is 0.0333. The van der Waals surface area contributed by atoms with Gasteiger partial charge in [-0.15, -0.1) is 0 Å². The minimum Gasteiger partial charge on any atom is -0.333 e. The van der Waals surface area contributed by atoms with E-state index in [1.165, 1.54) is 11.3 Å². The van der Waals surface area contributed by atoms with Gasteiger partial charge < -0.3 is 14.0 Å². The van der Waals surface area contributed by atoms with Crippen LogP contribution in [0.15, 0.2) is 212 Å². The number of nitriles is 2. The van der Waals surface area contributed by atoms with E-state index in [9.17, 15) is 10.5 Å². The Bertz CT molecular complexity index is 3830. The maximum atomic E-state index is 11.3. The number of fused-ring (bicyclic) bond motifs is 11. The number of anilines is 2. The summed E-state index contributed by atoms with van der Waals surface area (Å²) in [5, 5.41) is 29.1. The summed E-state index contributed by atoms with van der Waals surface area (Å²) in [6.07, 6.45) is 8.92. The van der Waals surface area contributed by atoms with Crippen LogP contribution < -0.4 is 4.90 Å². The van der Waals surface area contributed by atoms with Crippen molar-refractivity contribution in [2.24, 2.45) is 0 Å². The molecule has 65 heavy (non-hydrogen) atoms. The zero-order valence-corrected chi connectivity index (χ0v) is 35.1. The van der Waals surface area contributed by atoms with Crippen LogP contribution in [0.3, 0.4) is 0 Å². The standard InChI is InChI=1S/C60H37N5/c61-36-50-51(37-62)58(32-31-57(50)64-54-27-24-41(38-13-3-1-4-14-38)33-47(54)48-34-42(25-28-55(48)64)39-15-5-2-6-16-39)65-56-30-26-43(35-49(56)60-44-18-8-7-17-40(44)23-29-59(60)65)63-52-21-11-9-19-45(52)46-20-10-12-22-53(46)63/h1-35,45,52H. The van der Waals surface area contributed by atoms with E-state index in [1.54, 1.807) is 0 Å². The van der Waals surface area contributed by atoms with Crippen LogP contribution >= 0.6 is 0 Å². The lowest BCUT2D eigenvalue weighted by Crippen LogP contribution is -2.28. The van der Waals surface area contributed by atoms with Crippen molar-refractivity contribution in [1.29, 1.82) is 10.5 Å². The molecule has 3 heterocycles. The lowest BCUT2D eigenvalue weighted by Gasteiger charge is -2.28. The Morgan fingerprint density at radius 2 is 0.954 bits per heavy atom. The maximum absolute atomic E-state index is 11.3. The molecule has 2 atom stereocenters. The Kier molecular flexibility index (Phi) is 8.09. The summed E-state index contributed by atoms with van der Waals surface area (Å²) in [7, 11) is 0. The topological polar surface area (TPSA) is 60.7 Å². The van der Waals surface area contributed by atoms with Gasteiger partial charge in [-0.3, -0.25) is 0 Å². The van der Waals surface area contributed by atoms with E-state index >= 15 is 0 Å². The molecule has 1 aliphatic carbocycles. The number of para-hydroxylation sites is 1. The van der Waals surface area contributed by atoms with Crippen molar-refractivity contribution < 1.29 is 0 Å². The molecule has 0 bridgehead atoms. The van der Waals surface area contributed by atoms with Crippen molar-refractivity contribution in [3.8, 4) is 45.8 Å². The first-order valence-electron chi connectivity index (χ1n) is 22.0. The molecule has 13 rings (SSSR count). The highest BCUT2D eigenvalue weighted by Crippen LogP contribution is 2.49. The van der Waals surface area contributed by atoms with Crippen molar-refractivity contribution in [2.75, 3.05) is 4.90 Å². The normalized spacial score (nSPS) is 15.2. The smallest absolute Gasteiger partial charge is 0.103 e. The summed E-state index contributed by atoms with van der Waals surface area (Å²) >= 11 is 0. The van der Waals surface area contributed by atoms with Crippen molar-refractivity contribution in [3.63, 3.8) is 0 Å². The number of allylic oxidation sites excluding steroid dienone is 2. The van der Waals surface area contributed by atoms with Crippen molar-refractivity contribution in [1.82, 2.24) is 9.13 Å². The summed E-state index contributed by atoms with van der Waals surface area (Å²) < 4.78 is 4.36. The van der Waals surface area contributed by atoms with Crippen molar-refractivity contribution in [3.05, 3.63) is 229 Å². The first-order chi connectivity index (χ1) is 32.2.